The zero-order chi connectivity index (χ0) is 7.23. The molecule has 0 spiro atoms. The molecule has 1 fully saturated rings. The third kappa shape index (κ3) is 2.58. The Labute approximate surface area is 63.0 Å². The third-order valence-corrected chi connectivity index (χ3v) is 1.61. The van der Waals surface area contributed by atoms with E-state index in [1.54, 1.807) is 0 Å². The van der Waals surface area contributed by atoms with E-state index in [2.05, 4.69) is 12.2 Å². The fourth-order valence-electron chi connectivity index (χ4n) is 1.03. The zero-order valence-corrected chi connectivity index (χ0v) is 6.36. The monoisotopic (exact) mass is 141 g/mol. The number of morpholine rings is 1. The molecule has 1 aliphatic heterocycles. The summed E-state index contributed by atoms with van der Waals surface area (Å²) in [6.07, 6.45) is 4.44. The molecule has 1 N–H and O–H groups in total. The van der Waals surface area contributed by atoms with Crippen molar-refractivity contribution in [2.75, 3.05) is 19.7 Å². The predicted octanol–water partition coefficient (Wildman–Crippen LogP) is 1.14. The molecule has 1 aliphatic rings. The molecule has 10 heavy (non-hydrogen) atoms. The van der Waals surface area contributed by atoms with E-state index in [9.17, 15) is 0 Å². The normalized spacial score (nSPS) is 19.5. The van der Waals surface area contributed by atoms with Crippen molar-refractivity contribution in [3.8, 4) is 0 Å². The molecule has 0 aromatic carbocycles. The number of nitrogens with one attached hydrogen (secondary N) is 1. The number of ether oxygens (including phenoxy) is 1. The second-order valence-electron chi connectivity index (χ2n) is 2.52. The Morgan fingerprint density at radius 1 is 1.60 bits per heavy atom. The molecule has 0 aromatic rings. The summed E-state index contributed by atoms with van der Waals surface area (Å²) in [5.74, 6) is 0. The first-order valence-electron chi connectivity index (χ1n) is 3.91. The summed E-state index contributed by atoms with van der Waals surface area (Å²) in [6, 6.07) is 0. The highest BCUT2D eigenvalue weighted by Gasteiger charge is 2.24. The van der Waals surface area contributed by atoms with Gasteiger partial charge in [-0.25, -0.2) is 0 Å². The minimum Gasteiger partial charge on any atom is -0.274 e. The Balaban J connectivity index is 2.02. The van der Waals surface area contributed by atoms with Crippen LogP contribution in [0.5, 0.6) is 0 Å². The first kappa shape index (κ1) is 7.89. The standard InChI is InChI=1S/C8H15NO/c1-2-3-4-8-7-9-5-6-10-8/h9H,1-7H2/q+1. The average Bonchev–Trinajstić information content (AvgIpc) is 2.03. The minimum atomic E-state index is 0.840. The highest BCUT2D eigenvalue weighted by atomic mass is 16.5. The first-order valence-corrected chi connectivity index (χ1v) is 3.91. The van der Waals surface area contributed by atoms with Crippen LogP contribution in [-0.4, -0.2) is 19.7 Å². The van der Waals surface area contributed by atoms with E-state index in [1.165, 1.54) is 6.10 Å². The van der Waals surface area contributed by atoms with E-state index in [4.69, 9.17) is 4.74 Å². The maximum atomic E-state index is 5.41. The summed E-state index contributed by atoms with van der Waals surface area (Å²) < 4.78 is 5.41. The third-order valence-electron chi connectivity index (χ3n) is 1.61. The van der Waals surface area contributed by atoms with Gasteiger partial charge in [-0.15, -0.1) is 0 Å². The lowest BCUT2D eigenvalue weighted by Crippen LogP contribution is -2.33. The number of hydrogen-bond acceptors (Lipinski definition) is 2. The summed E-state index contributed by atoms with van der Waals surface area (Å²) in [5.41, 5.74) is 0. The molecular formula is C8H15NO+. The Morgan fingerprint density at radius 2 is 2.50 bits per heavy atom. The van der Waals surface area contributed by atoms with Crippen LogP contribution in [0.4, 0.5) is 0 Å². The van der Waals surface area contributed by atoms with Crippen molar-refractivity contribution in [3.63, 3.8) is 0 Å². The van der Waals surface area contributed by atoms with Crippen LogP contribution in [0.3, 0.4) is 0 Å². The molecule has 0 aliphatic carbocycles. The summed E-state index contributed by atoms with van der Waals surface area (Å²) in [4.78, 5) is 0. The average molecular weight is 141 g/mol. The summed E-state index contributed by atoms with van der Waals surface area (Å²) >= 11 is 0. The van der Waals surface area contributed by atoms with Gasteiger partial charge in [0.15, 0.2) is 6.54 Å². The second-order valence-corrected chi connectivity index (χ2v) is 2.52. The summed E-state index contributed by atoms with van der Waals surface area (Å²) in [7, 11) is 0. The van der Waals surface area contributed by atoms with Gasteiger partial charge in [-0.2, -0.15) is 4.74 Å². The van der Waals surface area contributed by atoms with Crippen LogP contribution in [-0.2, 0) is 4.74 Å². The summed E-state index contributed by atoms with van der Waals surface area (Å²) in [5, 5.41) is 3.26. The molecule has 2 heteroatoms. The van der Waals surface area contributed by atoms with E-state index in [0.717, 1.165) is 39.0 Å². The Morgan fingerprint density at radius 3 is 3.10 bits per heavy atom. The van der Waals surface area contributed by atoms with Gasteiger partial charge in [-0.3, -0.25) is 5.32 Å². The van der Waals surface area contributed by atoms with Gasteiger partial charge < -0.3 is 0 Å². The molecular weight excluding hydrogens is 126 g/mol. The van der Waals surface area contributed by atoms with Gasteiger partial charge in [0.2, 0.25) is 0 Å². The van der Waals surface area contributed by atoms with Gasteiger partial charge >= 0.3 is 0 Å². The maximum Gasteiger partial charge on any atom is 0.256 e. The molecule has 1 radical (unpaired) electrons. The largest absolute Gasteiger partial charge is 0.274 e. The van der Waals surface area contributed by atoms with E-state index >= 15 is 0 Å². The van der Waals surface area contributed by atoms with Crippen LogP contribution in [0.15, 0.2) is 0 Å². The molecule has 0 bridgehead atoms. The van der Waals surface area contributed by atoms with Gasteiger partial charge in [0.1, 0.15) is 13.0 Å². The van der Waals surface area contributed by atoms with E-state index in [-0.39, 0.29) is 0 Å². The quantitative estimate of drug-likeness (QED) is 0.595. The van der Waals surface area contributed by atoms with E-state index < -0.39 is 0 Å². The van der Waals surface area contributed by atoms with Crippen molar-refractivity contribution in [3.05, 3.63) is 13.0 Å². The van der Waals surface area contributed by atoms with Crippen molar-refractivity contribution in [1.82, 2.24) is 5.32 Å². The Bertz CT molecular complexity index is 79.3. The highest BCUT2D eigenvalue weighted by Crippen LogP contribution is 2.12. The Hall–Kier alpha value is -0.210. The molecule has 57 valence electrons. The molecule has 1 heterocycles. The molecule has 0 aromatic heterocycles. The highest BCUT2D eigenvalue weighted by molar-refractivity contribution is 4.84. The van der Waals surface area contributed by atoms with E-state index in [0.29, 0.717) is 0 Å². The molecule has 1 rings (SSSR count). The lowest BCUT2D eigenvalue weighted by molar-refractivity contribution is 0.103. The summed E-state index contributed by atoms with van der Waals surface area (Å²) in [6.45, 7) is 6.56. The Kier molecular flexibility index (Phi) is 3.62. The topological polar surface area (TPSA) is 21.3 Å². The fraction of sp³-hybridized carbons (Fsp3) is 0.750. The molecule has 0 saturated carbocycles. The smallest absolute Gasteiger partial charge is 0.256 e. The van der Waals surface area contributed by atoms with E-state index in [1.807, 2.05) is 0 Å². The SMILES string of the molecule is [CH2]CCC[C+]1CNCCO1. The molecule has 0 amide bonds. The maximum absolute atomic E-state index is 5.41. The number of hydrogen-bond donors (Lipinski definition) is 1. The fourth-order valence-corrected chi connectivity index (χ4v) is 1.03. The van der Waals surface area contributed by atoms with Crippen LogP contribution in [0.2, 0.25) is 0 Å². The van der Waals surface area contributed by atoms with Crippen LogP contribution in [0.25, 0.3) is 0 Å². The van der Waals surface area contributed by atoms with Crippen molar-refractivity contribution >= 4 is 0 Å². The van der Waals surface area contributed by atoms with Gasteiger partial charge in [-0.05, 0) is 12.8 Å². The van der Waals surface area contributed by atoms with Gasteiger partial charge in [0.25, 0.3) is 6.10 Å². The van der Waals surface area contributed by atoms with Crippen LogP contribution in [0.1, 0.15) is 19.3 Å². The van der Waals surface area contributed by atoms with Gasteiger partial charge in [0, 0.05) is 6.54 Å². The minimum absolute atomic E-state index is 0.840. The number of unbranched alkanes of at least 4 members (excludes halogenated alkanes) is 1. The van der Waals surface area contributed by atoms with Gasteiger partial charge in [0.05, 0.1) is 0 Å². The van der Waals surface area contributed by atoms with Crippen LogP contribution in [0, 0.1) is 13.0 Å². The number of rotatable bonds is 3. The zero-order valence-electron chi connectivity index (χ0n) is 6.36. The van der Waals surface area contributed by atoms with Crippen molar-refractivity contribution in [2.45, 2.75) is 19.3 Å². The lowest BCUT2D eigenvalue weighted by atomic mass is 10.1. The molecule has 0 unspecified atom stereocenters. The predicted molar refractivity (Wildman–Crippen MR) is 41.3 cm³/mol. The lowest BCUT2D eigenvalue weighted by Gasteiger charge is -2.11. The molecule has 0 atom stereocenters. The van der Waals surface area contributed by atoms with Crippen molar-refractivity contribution in [1.29, 1.82) is 0 Å². The van der Waals surface area contributed by atoms with Crippen molar-refractivity contribution in [2.24, 2.45) is 0 Å². The van der Waals surface area contributed by atoms with Crippen LogP contribution < -0.4 is 5.32 Å². The second kappa shape index (κ2) is 4.58. The van der Waals surface area contributed by atoms with Gasteiger partial charge in [-0.1, -0.05) is 6.92 Å². The molecule has 2 nitrogen and oxygen atoms in total. The van der Waals surface area contributed by atoms with Crippen molar-refractivity contribution < 1.29 is 4.74 Å². The first-order chi connectivity index (χ1) is 4.93. The van der Waals surface area contributed by atoms with Crippen LogP contribution >= 0.6 is 0 Å². The molecule has 1 saturated heterocycles.